The van der Waals surface area contributed by atoms with Crippen LogP contribution in [0.2, 0.25) is 0 Å². The molecule has 1 aromatic heterocycles. The van der Waals surface area contributed by atoms with E-state index in [4.69, 9.17) is 0 Å². The number of pyridine rings is 1. The number of rotatable bonds is 3. The molecular formula is C9H8F3NO5. The van der Waals surface area contributed by atoms with Crippen LogP contribution in [0.1, 0.15) is 10.5 Å². The zero-order valence-corrected chi connectivity index (χ0v) is 9.25. The Morgan fingerprint density at radius 3 is 2.33 bits per heavy atom. The first-order chi connectivity index (χ1) is 8.28. The Balaban J connectivity index is 3.35. The van der Waals surface area contributed by atoms with Crippen molar-refractivity contribution in [3.8, 4) is 11.5 Å². The van der Waals surface area contributed by atoms with Crippen molar-refractivity contribution in [3.63, 3.8) is 0 Å². The van der Waals surface area contributed by atoms with Gasteiger partial charge in [-0.1, -0.05) is 0 Å². The first kappa shape index (κ1) is 13.9. The predicted molar refractivity (Wildman–Crippen MR) is 51.6 cm³/mol. The van der Waals surface area contributed by atoms with Gasteiger partial charge in [0.25, 0.3) is 5.56 Å². The Morgan fingerprint density at radius 1 is 1.28 bits per heavy atom. The largest absolute Gasteiger partial charge is 0.573 e. The number of hydrogen-bond acceptors (Lipinski definition) is 5. The molecule has 0 atom stereocenters. The standard InChI is InChI=1S/C9H8F3NO5/c1-16-5-3-4(18-9(10,11)12)6(8(15)17-2)13-7(5)14/h3H,1-2H3,(H,13,14). The summed E-state index contributed by atoms with van der Waals surface area (Å²) in [6, 6.07) is 0.651. The van der Waals surface area contributed by atoms with Crippen LogP contribution in [0.5, 0.6) is 11.5 Å². The van der Waals surface area contributed by atoms with Gasteiger partial charge in [0.05, 0.1) is 14.2 Å². The molecule has 0 saturated heterocycles. The van der Waals surface area contributed by atoms with Gasteiger partial charge in [-0.2, -0.15) is 0 Å². The number of carbonyl (C=O) groups excluding carboxylic acids is 1. The molecule has 1 aromatic rings. The summed E-state index contributed by atoms with van der Waals surface area (Å²) < 4.78 is 48.7. The van der Waals surface area contributed by atoms with E-state index >= 15 is 0 Å². The average Bonchev–Trinajstić information content (AvgIpc) is 2.28. The molecule has 0 radical (unpaired) electrons. The van der Waals surface area contributed by atoms with Crippen molar-refractivity contribution in [1.82, 2.24) is 4.98 Å². The molecule has 0 aromatic carbocycles. The number of esters is 1. The molecule has 1 heterocycles. The summed E-state index contributed by atoms with van der Waals surface area (Å²) >= 11 is 0. The highest BCUT2D eigenvalue weighted by molar-refractivity contribution is 5.90. The number of aromatic amines is 1. The summed E-state index contributed by atoms with van der Waals surface area (Å²) in [5, 5.41) is 0. The van der Waals surface area contributed by atoms with E-state index in [9.17, 15) is 22.8 Å². The van der Waals surface area contributed by atoms with Crippen molar-refractivity contribution in [2.75, 3.05) is 14.2 Å². The van der Waals surface area contributed by atoms with Crippen LogP contribution in [0, 0.1) is 0 Å². The highest BCUT2D eigenvalue weighted by Gasteiger charge is 2.34. The van der Waals surface area contributed by atoms with Gasteiger partial charge >= 0.3 is 12.3 Å². The molecule has 100 valence electrons. The first-order valence-corrected chi connectivity index (χ1v) is 4.44. The van der Waals surface area contributed by atoms with Crippen LogP contribution in [-0.2, 0) is 4.74 Å². The van der Waals surface area contributed by atoms with Crippen LogP contribution in [0.15, 0.2) is 10.9 Å². The Bertz CT molecular complexity index is 508. The van der Waals surface area contributed by atoms with E-state index in [1.807, 2.05) is 4.98 Å². The van der Waals surface area contributed by atoms with E-state index in [0.29, 0.717) is 6.07 Å². The Labute approximate surface area is 98.3 Å². The molecule has 18 heavy (non-hydrogen) atoms. The van der Waals surface area contributed by atoms with Crippen LogP contribution >= 0.6 is 0 Å². The van der Waals surface area contributed by atoms with Crippen molar-refractivity contribution in [3.05, 3.63) is 22.1 Å². The fraction of sp³-hybridized carbons (Fsp3) is 0.333. The lowest BCUT2D eigenvalue weighted by atomic mass is 10.3. The third kappa shape index (κ3) is 3.15. The summed E-state index contributed by atoms with van der Waals surface area (Å²) in [5.74, 6) is -2.51. The lowest BCUT2D eigenvalue weighted by Crippen LogP contribution is -2.23. The number of carbonyl (C=O) groups is 1. The number of halogens is 3. The number of H-pyrrole nitrogens is 1. The number of ether oxygens (including phenoxy) is 3. The van der Waals surface area contributed by atoms with Gasteiger partial charge in [0.1, 0.15) is 0 Å². The minimum Gasteiger partial charge on any atom is -0.491 e. The first-order valence-electron chi connectivity index (χ1n) is 4.44. The summed E-state index contributed by atoms with van der Waals surface area (Å²) in [6.45, 7) is 0. The normalized spacial score (nSPS) is 10.9. The zero-order chi connectivity index (χ0) is 13.9. The van der Waals surface area contributed by atoms with Crippen LogP contribution < -0.4 is 15.0 Å². The number of aromatic nitrogens is 1. The molecule has 0 bridgehead atoms. The van der Waals surface area contributed by atoms with E-state index in [1.54, 1.807) is 0 Å². The van der Waals surface area contributed by atoms with E-state index in [2.05, 4.69) is 14.2 Å². The second-order valence-corrected chi connectivity index (χ2v) is 2.95. The molecular weight excluding hydrogens is 259 g/mol. The number of hydrogen-bond donors (Lipinski definition) is 1. The molecule has 6 nitrogen and oxygen atoms in total. The quantitative estimate of drug-likeness (QED) is 0.829. The van der Waals surface area contributed by atoms with Crippen molar-refractivity contribution < 1.29 is 32.2 Å². The molecule has 0 fully saturated rings. The smallest absolute Gasteiger partial charge is 0.491 e. The lowest BCUT2D eigenvalue weighted by molar-refractivity contribution is -0.274. The summed E-state index contributed by atoms with van der Waals surface area (Å²) in [6.07, 6.45) is -5.02. The second kappa shape index (κ2) is 4.98. The van der Waals surface area contributed by atoms with Gasteiger partial charge in [-0.05, 0) is 0 Å². The molecule has 0 aliphatic rings. The molecule has 1 rings (SSSR count). The number of alkyl halides is 3. The molecule has 9 heteroatoms. The average molecular weight is 267 g/mol. The minimum atomic E-state index is -5.02. The fourth-order valence-corrected chi connectivity index (χ4v) is 1.10. The third-order valence-electron chi connectivity index (χ3n) is 1.81. The van der Waals surface area contributed by atoms with Crippen LogP contribution in [-0.4, -0.2) is 31.5 Å². The van der Waals surface area contributed by atoms with E-state index in [0.717, 1.165) is 14.2 Å². The van der Waals surface area contributed by atoms with Gasteiger partial charge in [-0.25, -0.2) is 4.79 Å². The van der Waals surface area contributed by atoms with Crippen molar-refractivity contribution in [1.29, 1.82) is 0 Å². The van der Waals surface area contributed by atoms with Gasteiger partial charge in [0.15, 0.2) is 17.2 Å². The summed E-state index contributed by atoms with van der Waals surface area (Å²) in [7, 11) is 2.03. The van der Waals surface area contributed by atoms with Crippen molar-refractivity contribution in [2.24, 2.45) is 0 Å². The molecule has 0 spiro atoms. The van der Waals surface area contributed by atoms with Gasteiger partial charge in [0, 0.05) is 6.07 Å². The molecule has 0 aliphatic carbocycles. The monoisotopic (exact) mass is 267 g/mol. The maximum Gasteiger partial charge on any atom is 0.573 e. The number of methoxy groups -OCH3 is 2. The van der Waals surface area contributed by atoms with Gasteiger partial charge in [0.2, 0.25) is 0 Å². The Kier molecular flexibility index (Phi) is 3.84. The molecule has 0 saturated carbocycles. The lowest BCUT2D eigenvalue weighted by Gasteiger charge is -2.12. The Morgan fingerprint density at radius 2 is 1.89 bits per heavy atom. The predicted octanol–water partition coefficient (Wildman–Crippen LogP) is 1.07. The highest BCUT2D eigenvalue weighted by Crippen LogP contribution is 2.27. The molecule has 0 amide bonds. The fourth-order valence-electron chi connectivity index (χ4n) is 1.10. The third-order valence-corrected chi connectivity index (χ3v) is 1.81. The topological polar surface area (TPSA) is 77.6 Å². The van der Waals surface area contributed by atoms with Gasteiger partial charge in [-0.3, -0.25) is 4.79 Å². The van der Waals surface area contributed by atoms with Crippen molar-refractivity contribution >= 4 is 5.97 Å². The van der Waals surface area contributed by atoms with Crippen LogP contribution in [0.3, 0.4) is 0 Å². The van der Waals surface area contributed by atoms with Crippen molar-refractivity contribution in [2.45, 2.75) is 6.36 Å². The van der Waals surface area contributed by atoms with Crippen LogP contribution in [0.25, 0.3) is 0 Å². The summed E-state index contributed by atoms with van der Waals surface area (Å²) in [4.78, 5) is 24.4. The molecule has 0 unspecified atom stereocenters. The van der Waals surface area contributed by atoms with Gasteiger partial charge in [-0.15, -0.1) is 13.2 Å². The van der Waals surface area contributed by atoms with E-state index in [-0.39, 0.29) is 0 Å². The molecule has 0 aliphatic heterocycles. The van der Waals surface area contributed by atoms with E-state index < -0.39 is 35.1 Å². The maximum absolute atomic E-state index is 12.1. The summed E-state index contributed by atoms with van der Waals surface area (Å²) in [5.41, 5.74) is -1.63. The number of nitrogens with one attached hydrogen (secondary N) is 1. The zero-order valence-electron chi connectivity index (χ0n) is 9.25. The van der Waals surface area contributed by atoms with Crippen LogP contribution in [0.4, 0.5) is 13.2 Å². The maximum atomic E-state index is 12.1. The van der Waals surface area contributed by atoms with Gasteiger partial charge < -0.3 is 19.2 Å². The second-order valence-electron chi connectivity index (χ2n) is 2.95. The SMILES string of the molecule is COC(=O)c1[nH]c(=O)c(OC)cc1OC(F)(F)F. The van der Waals surface area contributed by atoms with E-state index in [1.165, 1.54) is 0 Å². The minimum absolute atomic E-state index is 0.429. The Hall–Kier alpha value is -2.19. The highest BCUT2D eigenvalue weighted by atomic mass is 19.4. The molecule has 1 N–H and O–H groups in total.